The van der Waals surface area contributed by atoms with Crippen molar-refractivity contribution in [3.8, 4) is 0 Å². The number of aromatic nitrogens is 1. The number of benzene rings is 2. The fourth-order valence-electron chi connectivity index (χ4n) is 4.22. The number of rotatable bonds is 10. The summed E-state index contributed by atoms with van der Waals surface area (Å²) in [5.41, 5.74) is 10.1. The molecular weight excluding hydrogens is 510 g/mol. The van der Waals surface area contributed by atoms with E-state index in [0.29, 0.717) is 0 Å². The first-order valence-electron chi connectivity index (χ1n) is 11.2. The molecule has 0 atom stereocenters. The third-order valence-electron chi connectivity index (χ3n) is 5.73. The SMILES string of the molecule is Cc1cc(C)c(NCCN(CCNc2c(C)cccc2C)Cc2ccccn2)c(C)c1.[Cl-].[Cl-].[Co+2]. The number of para-hydroxylation sites is 1. The van der Waals surface area contributed by atoms with Crippen LogP contribution in [0.4, 0.5) is 11.4 Å². The normalized spacial score (nSPS) is 10.1. The van der Waals surface area contributed by atoms with Crippen LogP contribution in [0.25, 0.3) is 0 Å². The predicted octanol–water partition coefficient (Wildman–Crippen LogP) is -0.345. The van der Waals surface area contributed by atoms with Crippen LogP contribution in [-0.2, 0) is 23.3 Å². The number of nitrogens with one attached hydrogen (secondary N) is 2. The van der Waals surface area contributed by atoms with E-state index in [1.165, 1.54) is 39.2 Å². The first kappa shape index (κ1) is 32.2. The zero-order valence-corrected chi connectivity index (χ0v) is 23.3. The van der Waals surface area contributed by atoms with Crippen LogP contribution in [0, 0.1) is 34.6 Å². The Hall–Kier alpha value is -1.76. The van der Waals surface area contributed by atoms with E-state index in [2.05, 4.69) is 97.6 Å². The van der Waals surface area contributed by atoms with Crippen molar-refractivity contribution in [1.29, 1.82) is 0 Å². The Labute approximate surface area is 228 Å². The predicted molar refractivity (Wildman–Crippen MR) is 133 cm³/mol. The molecule has 3 aromatic rings. The number of nitrogens with zero attached hydrogens (tertiary/aromatic N) is 2. The molecule has 0 amide bonds. The molecule has 4 nitrogen and oxygen atoms in total. The molecule has 2 aromatic carbocycles. The van der Waals surface area contributed by atoms with Crippen LogP contribution in [0.5, 0.6) is 0 Å². The maximum absolute atomic E-state index is 4.53. The molecule has 0 bridgehead atoms. The average molecular weight is 546 g/mol. The Morgan fingerprint density at radius 1 is 0.706 bits per heavy atom. The van der Waals surface area contributed by atoms with Gasteiger partial charge in [-0.05, 0) is 69.0 Å². The van der Waals surface area contributed by atoms with Gasteiger partial charge in [0.2, 0.25) is 0 Å². The monoisotopic (exact) mass is 545 g/mol. The Morgan fingerprint density at radius 3 is 1.74 bits per heavy atom. The molecule has 7 heteroatoms. The van der Waals surface area contributed by atoms with Gasteiger partial charge in [-0.2, -0.15) is 0 Å². The minimum absolute atomic E-state index is 0. The summed E-state index contributed by atoms with van der Waals surface area (Å²) in [5.74, 6) is 0. The third-order valence-corrected chi connectivity index (χ3v) is 5.73. The van der Waals surface area contributed by atoms with E-state index in [1.54, 1.807) is 0 Å². The second-order valence-corrected chi connectivity index (χ2v) is 8.49. The molecule has 0 saturated carbocycles. The van der Waals surface area contributed by atoms with E-state index >= 15 is 0 Å². The summed E-state index contributed by atoms with van der Waals surface area (Å²) in [7, 11) is 0. The molecular formula is C27H36Cl2CoN4. The summed E-state index contributed by atoms with van der Waals surface area (Å²) in [5, 5.41) is 7.32. The molecule has 1 radical (unpaired) electrons. The molecule has 187 valence electrons. The number of anilines is 2. The van der Waals surface area contributed by atoms with Gasteiger partial charge in [0.15, 0.2) is 0 Å². The summed E-state index contributed by atoms with van der Waals surface area (Å²) in [6, 6.07) is 17.1. The molecule has 0 fully saturated rings. The molecule has 0 aliphatic carbocycles. The van der Waals surface area contributed by atoms with Gasteiger partial charge in [-0.3, -0.25) is 9.88 Å². The maximum atomic E-state index is 4.53. The molecule has 0 spiro atoms. The van der Waals surface area contributed by atoms with E-state index in [0.717, 1.165) is 38.4 Å². The van der Waals surface area contributed by atoms with Crippen molar-refractivity contribution in [2.24, 2.45) is 0 Å². The molecule has 0 saturated heterocycles. The summed E-state index contributed by atoms with van der Waals surface area (Å²) in [6.45, 7) is 15.4. The first-order chi connectivity index (χ1) is 14.9. The molecule has 1 aromatic heterocycles. The van der Waals surface area contributed by atoms with Gasteiger partial charge >= 0.3 is 16.8 Å². The zero-order valence-electron chi connectivity index (χ0n) is 20.7. The Kier molecular flexibility index (Phi) is 15.2. The fourth-order valence-corrected chi connectivity index (χ4v) is 4.22. The second-order valence-electron chi connectivity index (χ2n) is 8.49. The van der Waals surface area contributed by atoms with Crippen LogP contribution in [0.3, 0.4) is 0 Å². The number of hydrogen-bond donors (Lipinski definition) is 2. The van der Waals surface area contributed by atoms with Gasteiger partial charge in [-0.1, -0.05) is 42.0 Å². The molecule has 0 aliphatic heterocycles. The topological polar surface area (TPSA) is 40.2 Å². The van der Waals surface area contributed by atoms with Crippen molar-refractivity contribution < 1.29 is 41.6 Å². The Bertz CT molecular complexity index is 956. The quantitative estimate of drug-likeness (QED) is 0.365. The number of pyridine rings is 1. The van der Waals surface area contributed by atoms with Crippen molar-refractivity contribution in [2.75, 3.05) is 36.8 Å². The fraction of sp³-hybridized carbons (Fsp3) is 0.370. The summed E-state index contributed by atoms with van der Waals surface area (Å²) in [4.78, 5) is 7.00. The molecule has 3 rings (SSSR count). The van der Waals surface area contributed by atoms with Crippen molar-refractivity contribution in [3.63, 3.8) is 0 Å². The minimum atomic E-state index is 0. The minimum Gasteiger partial charge on any atom is -1.00 e. The van der Waals surface area contributed by atoms with Crippen molar-refractivity contribution in [1.82, 2.24) is 9.88 Å². The Morgan fingerprint density at radius 2 is 1.24 bits per heavy atom. The van der Waals surface area contributed by atoms with Gasteiger partial charge in [0, 0.05) is 50.3 Å². The van der Waals surface area contributed by atoms with Crippen molar-refractivity contribution in [2.45, 2.75) is 41.2 Å². The van der Waals surface area contributed by atoms with Gasteiger partial charge in [0.25, 0.3) is 0 Å². The van der Waals surface area contributed by atoms with Gasteiger partial charge < -0.3 is 35.4 Å². The van der Waals surface area contributed by atoms with Crippen LogP contribution in [0.15, 0.2) is 54.7 Å². The van der Waals surface area contributed by atoms with E-state index in [1.807, 2.05) is 12.3 Å². The van der Waals surface area contributed by atoms with E-state index in [-0.39, 0.29) is 41.6 Å². The first-order valence-corrected chi connectivity index (χ1v) is 11.2. The molecule has 34 heavy (non-hydrogen) atoms. The van der Waals surface area contributed by atoms with Gasteiger partial charge in [-0.25, -0.2) is 0 Å². The van der Waals surface area contributed by atoms with Crippen molar-refractivity contribution in [3.05, 3.63) is 88.2 Å². The average Bonchev–Trinajstić information content (AvgIpc) is 2.72. The Balaban J connectivity index is 0.00000363. The van der Waals surface area contributed by atoms with E-state index < -0.39 is 0 Å². The summed E-state index contributed by atoms with van der Waals surface area (Å²) in [6.07, 6.45) is 1.87. The van der Waals surface area contributed by atoms with Gasteiger partial charge in [-0.15, -0.1) is 0 Å². The largest absolute Gasteiger partial charge is 2.00 e. The van der Waals surface area contributed by atoms with Crippen LogP contribution in [0.1, 0.15) is 33.5 Å². The maximum Gasteiger partial charge on any atom is 2.00 e. The molecule has 2 N–H and O–H groups in total. The molecule has 1 heterocycles. The van der Waals surface area contributed by atoms with Crippen LogP contribution < -0.4 is 35.4 Å². The smallest absolute Gasteiger partial charge is 1.00 e. The van der Waals surface area contributed by atoms with Gasteiger partial charge in [0.1, 0.15) is 0 Å². The zero-order chi connectivity index (χ0) is 22.2. The van der Waals surface area contributed by atoms with Crippen LogP contribution in [-0.4, -0.2) is 36.1 Å². The van der Waals surface area contributed by atoms with Crippen LogP contribution >= 0.6 is 0 Å². The van der Waals surface area contributed by atoms with E-state index in [4.69, 9.17) is 0 Å². The molecule has 0 unspecified atom stereocenters. The van der Waals surface area contributed by atoms with Crippen LogP contribution in [0.2, 0.25) is 0 Å². The summed E-state index contributed by atoms with van der Waals surface area (Å²) >= 11 is 0. The number of aryl methyl sites for hydroxylation is 5. The number of hydrogen-bond acceptors (Lipinski definition) is 4. The molecule has 0 aliphatic rings. The summed E-state index contributed by atoms with van der Waals surface area (Å²) < 4.78 is 0. The standard InChI is InChI=1S/C27H36N4.2ClH.Co/c1-20-17-23(4)27(24(5)18-20)30-14-16-31(19-25-11-6-7-12-28-25)15-13-29-26-21(2)9-8-10-22(26)3;;;/h6-12,17-18,29-30H,13-16,19H2,1-5H3;2*1H;/q;;;+2/p-2. The van der Waals surface area contributed by atoms with Crippen molar-refractivity contribution >= 4 is 11.4 Å². The van der Waals surface area contributed by atoms with E-state index in [9.17, 15) is 0 Å². The van der Waals surface area contributed by atoms with Gasteiger partial charge in [0.05, 0.1) is 5.69 Å². The second kappa shape index (κ2) is 16.0. The third kappa shape index (κ3) is 9.47. The number of halogens is 2.